The van der Waals surface area contributed by atoms with Gasteiger partial charge in [0, 0.05) is 26.6 Å². The molecule has 112 valence electrons. The lowest BCUT2D eigenvalue weighted by atomic mass is 10.1. The fraction of sp³-hybridized carbons (Fsp3) is 0.222. The Kier molecular flexibility index (Phi) is 3.92. The number of anilines is 1. The summed E-state index contributed by atoms with van der Waals surface area (Å²) in [6.45, 7) is 0.955. The number of para-hydroxylation sites is 1. The third kappa shape index (κ3) is 2.72. The molecule has 0 unspecified atom stereocenters. The maximum Gasteiger partial charge on any atom is 0.256 e. The summed E-state index contributed by atoms with van der Waals surface area (Å²) in [5.74, 6) is -0.00295. The minimum atomic E-state index is -0.0289. The zero-order chi connectivity index (χ0) is 15.5. The van der Waals surface area contributed by atoms with E-state index in [1.165, 1.54) is 0 Å². The van der Waals surface area contributed by atoms with Gasteiger partial charge in [-0.1, -0.05) is 42.5 Å². The van der Waals surface area contributed by atoms with Crippen molar-refractivity contribution in [3.63, 3.8) is 0 Å². The molecule has 2 amide bonds. The molecule has 0 aliphatic carbocycles. The molecule has 0 N–H and O–H groups in total. The van der Waals surface area contributed by atoms with E-state index in [2.05, 4.69) is 0 Å². The summed E-state index contributed by atoms with van der Waals surface area (Å²) in [4.78, 5) is 28.4. The van der Waals surface area contributed by atoms with Crippen LogP contribution in [0, 0.1) is 0 Å². The first kappa shape index (κ1) is 14.3. The number of fused-ring (bicyclic) bond motifs is 1. The number of hydrogen-bond donors (Lipinski definition) is 0. The van der Waals surface area contributed by atoms with Gasteiger partial charge in [-0.05, 0) is 17.7 Å². The molecular weight excluding hydrogens is 276 g/mol. The van der Waals surface area contributed by atoms with Crippen molar-refractivity contribution in [2.45, 2.75) is 13.0 Å². The largest absolute Gasteiger partial charge is 0.334 e. The predicted octanol–water partition coefficient (Wildman–Crippen LogP) is 2.70. The van der Waals surface area contributed by atoms with E-state index >= 15 is 0 Å². The number of benzene rings is 2. The van der Waals surface area contributed by atoms with Crippen LogP contribution in [0.1, 0.15) is 22.3 Å². The van der Waals surface area contributed by atoms with Crippen molar-refractivity contribution < 1.29 is 9.59 Å². The highest BCUT2D eigenvalue weighted by atomic mass is 16.2. The van der Waals surface area contributed by atoms with Crippen LogP contribution in [0.25, 0.3) is 0 Å². The normalized spacial score (nSPS) is 15.3. The predicted molar refractivity (Wildman–Crippen MR) is 85.7 cm³/mol. The van der Waals surface area contributed by atoms with Crippen molar-refractivity contribution in [1.82, 2.24) is 4.90 Å². The molecule has 1 aliphatic heterocycles. The zero-order valence-electron chi connectivity index (χ0n) is 12.5. The van der Waals surface area contributed by atoms with Gasteiger partial charge in [-0.2, -0.15) is 0 Å². The van der Waals surface area contributed by atoms with Crippen LogP contribution in [0.4, 0.5) is 5.69 Å². The lowest BCUT2D eigenvalue weighted by Crippen LogP contribution is -2.39. The average molecular weight is 294 g/mol. The number of hydrogen-bond acceptors (Lipinski definition) is 2. The summed E-state index contributed by atoms with van der Waals surface area (Å²) in [5, 5.41) is 0. The first-order chi connectivity index (χ1) is 10.7. The van der Waals surface area contributed by atoms with Gasteiger partial charge < -0.3 is 9.80 Å². The van der Waals surface area contributed by atoms with Crippen molar-refractivity contribution >= 4 is 17.5 Å². The van der Waals surface area contributed by atoms with Gasteiger partial charge >= 0.3 is 0 Å². The molecule has 22 heavy (non-hydrogen) atoms. The third-order valence-electron chi connectivity index (χ3n) is 3.97. The molecule has 0 atom stereocenters. The first-order valence-electron chi connectivity index (χ1n) is 7.35. The minimum absolute atomic E-state index is 0.0259. The van der Waals surface area contributed by atoms with Crippen molar-refractivity contribution in [3.05, 3.63) is 65.7 Å². The summed E-state index contributed by atoms with van der Waals surface area (Å²) in [5.41, 5.74) is 2.32. The quantitative estimate of drug-likeness (QED) is 0.854. The molecule has 0 radical (unpaired) electrons. The molecule has 2 aromatic rings. The monoisotopic (exact) mass is 294 g/mol. The van der Waals surface area contributed by atoms with Gasteiger partial charge in [-0.3, -0.25) is 9.59 Å². The molecule has 0 bridgehead atoms. The lowest BCUT2D eigenvalue weighted by Gasteiger charge is -2.29. The van der Waals surface area contributed by atoms with Crippen LogP contribution in [0.15, 0.2) is 54.6 Å². The number of nitrogens with zero attached hydrogens (tertiary/aromatic N) is 2. The second-order valence-electron chi connectivity index (χ2n) is 5.43. The minimum Gasteiger partial charge on any atom is -0.334 e. The highest BCUT2D eigenvalue weighted by Gasteiger charge is 2.26. The van der Waals surface area contributed by atoms with Crippen molar-refractivity contribution in [1.29, 1.82) is 0 Å². The van der Waals surface area contributed by atoms with Gasteiger partial charge in [0.25, 0.3) is 5.91 Å². The van der Waals surface area contributed by atoms with E-state index in [1.54, 1.807) is 22.9 Å². The van der Waals surface area contributed by atoms with Crippen LogP contribution in [0.3, 0.4) is 0 Å². The second kappa shape index (κ2) is 6.02. The van der Waals surface area contributed by atoms with E-state index in [0.29, 0.717) is 30.8 Å². The van der Waals surface area contributed by atoms with Crippen molar-refractivity contribution in [2.75, 3.05) is 18.5 Å². The molecule has 2 aromatic carbocycles. The fourth-order valence-electron chi connectivity index (χ4n) is 2.71. The smallest absolute Gasteiger partial charge is 0.256 e. The second-order valence-corrected chi connectivity index (χ2v) is 5.43. The van der Waals surface area contributed by atoms with Gasteiger partial charge in [0.1, 0.15) is 0 Å². The average Bonchev–Trinajstić information content (AvgIpc) is 2.57. The Balaban J connectivity index is 1.95. The van der Waals surface area contributed by atoms with E-state index in [-0.39, 0.29) is 11.8 Å². The van der Waals surface area contributed by atoms with Gasteiger partial charge in [-0.25, -0.2) is 0 Å². The fourth-order valence-corrected chi connectivity index (χ4v) is 2.71. The standard InChI is InChI=1S/C18H18N2O2/c1-19-16-10-6-5-9-15(16)18(22)20(12-11-17(19)21)13-14-7-3-2-4-8-14/h2-10H,11-13H2,1H3. The molecule has 1 heterocycles. The van der Waals surface area contributed by atoms with Gasteiger partial charge in [0.05, 0.1) is 11.3 Å². The zero-order valence-corrected chi connectivity index (χ0v) is 12.5. The van der Waals surface area contributed by atoms with Crippen LogP contribution in [0.2, 0.25) is 0 Å². The molecular formula is C18H18N2O2. The Morgan fingerprint density at radius 2 is 1.64 bits per heavy atom. The van der Waals surface area contributed by atoms with Crippen LogP contribution in [-0.4, -0.2) is 30.3 Å². The maximum atomic E-state index is 12.8. The van der Waals surface area contributed by atoms with Crippen LogP contribution in [-0.2, 0) is 11.3 Å². The van der Waals surface area contributed by atoms with E-state index in [9.17, 15) is 9.59 Å². The number of rotatable bonds is 2. The maximum absolute atomic E-state index is 12.8. The highest BCUT2D eigenvalue weighted by molar-refractivity contribution is 6.05. The molecule has 1 aliphatic rings. The molecule has 0 saturated heterocycles. The van der Waals surface area contributed by atoms with Crippen LogP contribution in [0.5, 0.6) is 0 Å². The summed E-state index contributed by atoms with van der Waals surface area (Å²) >= 11 is 0. The Bertz CT molecular complexity index is 697. The lowest BCUT2D eigenvalue weighted by molar-refractivity contribution is -0.118. The third-order valence-corrected chi connectivity index (χ3v) is 3.97. The summed E-state index contributed by atoms with van der Waals surface area (Å²) in [6.07, 6.45) is 0.337. The summed E-state index contributed by atoms with van der Waals surface area (Å²) in [7, 11) is 1.72. The van der Waals surface area contributed by atoms with E-state index in [1.807, 2.05) is 48.5 Å². The summed E-state index contributed by atoms with van der Waals surface area (Å²) in [6, 6.07) is 17.1. The summed E-state index contributed by atoms with van der Waals surface area (Å²) < 4.78 is 0. The number of amides is 2. The Hall–Kier alpha value is -2.62. The van der Waals surface area contributed by atoms with Gasteiger partial charge in [-0.15, -0.1) is 0 Å². The van der Waals surface area contributed by atoms with E-state index < -0.39 is 0 Å². The van der Waals surface area contributed by atoms with Gasteiger partial charge in [0.15, 0.2) is 0 Å². The first-order valence-corrected chi connectivity index (χ1v) is 7.35. The van der Waals surface area contributed by atoms with E-state index in [4.69, 9.17) is 0 Å². The van der Waals surface area contributed by atoms with Crippen LogP contribution < -0.4 is 4.90 Å². The van der Waals surface area contributed by atoms with E-state index in [0.717, 1.165) is 5.56 Å². The molecule has 4 nitrogen and oxygen atoms in total. The van der Waals surface area contributed by atoms with Crippen LogP contribution >= 0.6 is 0 Å². The Labute approximate surface area is 130 Å². The number of carbonyl (C=O) groups excluding carboxylic acids is 2. The molecule has 0 spiro atoms. The number of carbonyl (C=O) groups is 2. The van der Waals surface area contributed by atoms with Crippen molar-refractivity contribution in [3.8, 4) is 0 Å². The SMILES string of the molecule is CN1C(=O)CCN(Cc2ccccc2)C(=O)c2ccccc21. The molecule has 0 fully saturated rings. The van der Waals surface area contributed by atoms with Gasteiger partial charge in [0.2, 0.25) is 5.91 Å². The molecule has 4 heteroatoms. The highest BCUT2D eigenvalue weighted by Crippen LogP contribution is 2.24. The molecule has 0 saturated carbocycles. The molecule has 0 aromatic heterocycles. The topological polar surface area (TPSA) is 40.6 Å². The Morgan fingerprint density at radius 3 is 2.41 bits per heavy atom. The Morgan fingerprint density at radius 1 is 0.955 bits per heavy atom. The van der Waals surface area contributed by atoms with Crippen molar-refractivity contribution in [2.24, 2.45) is 0 Å². The molecule has 3 rings (SSSR count).